The summed E-state index contributed by atoms with van der Waals surface area (Å²) >= 11 is 0. The highest BCUT2D eigenvalue weighted by Crippen LogP contribution is 2.33. The highest BCUT2D eigenvalue weighted by molar-refractivity contribution is 6.01. The van der Waals surface area contributed by atoms with E-state index in [2.05, 4.69) is 48.1 Å². The van der Waals surface area contributed by atoms with E-state index < -0.39 is 6.04 Å². The van der Waals surface area contributed by atoms with E-state index in [1.165, 1.54) is 18.4 Å². The third-order valence-electron chi connectivity index (χ3n) is 7.40. The normalized spacial score (nSPS) is 24.8. The third-order valence-corrected chi connectivity index (χ3v) is 7.40. The maximum Gasteiger partial charge on any atom is 0.255 e. The number of nitrogens with one attached hydrogen (secondary N) is 1. The number of fused-ring (bicyclic) bond motifs is 1. The first kappa shape index (κ1) is 22.7. The summed E-state index contributed by atoms with van der Waals surface area (Å²) in [6, 6.07) is 16.2. The Morgan fingerprint density at radius 2 is 1.88 bits per heavy atom. The van der Waals surface area contributed by atoms with Gasteiger partial charge in [-0.15, -0.1) is 0 Å². The summed E-state index contributed by atoms with van der Waals surface area (Å²) in [5.41, 5.74) is 3.64. The molecule has 2 heterocycles. The van der Waals surface area contributed by atoms with Crippen molar-refractivity contribution in [1.29, 1.82) is 0 Å². The summed E-state index contributed by atoms with van der Waals surface area (Å²) < 4.78 is 6.54. The first-order valence-corrected chi connectivity index (χ1v) is 12.3. The maximum absolute atomic E-state index is 13.0. The maximum atomic E-state index is 13.0. The number of rotatable bonds is 6. The minimum absolute atomic E-state index is 0.0765. The minimum Gasteiger partial charge on any atom is -0.489 e. The monoisotopic (exact) mass is 459 g/mol. The second-order valence-corrected chi connectivity index (χ2v) is 9.81. The van der Waals surface area contributed by atoms with Gasteiger partial charge in [-0.1, -0.05) is 43.3 Å². The van der Waals surface area contributed by atoms with Gasteiger partial charge in [-0.05, 0) is 68.5 Å². The molecule has 2 amide bonds. The molecule has 1 unspecified atom stereocenters. The number of carbonyl (C=O) groups is 2. The molecule has 3 atom stereocenters. The summed E-state index contributed by atoms with van der Waals surface area (Å²) in [6.07, 6.45) is 5.96. The van der Waals surface area contributed by atoms with Crippen LogP contribution in [0.1, 0.15) is 60.0 Å². The number of amides is 2. The predicted octanol–water partition coefficient (Wildman–Crippen LogP) is 4.26. The molecule has 0 spiro atoms. The van der Waals surface area contributed by atoms with Crippen molar-refractivity contribution in [2.45, 2.75) is 69.8 Å². The first-order chi connectivity index (χ1) is 16.5. The SMILES string of the molecule is C=C1CCC(N2Cc3cc(O[C@@H]4CCCC[C@H]4N(C)Cc4ccccc4)ccc3C2=O)C(=O)N1. The first-order valence-electron chi connectivity index (χ1n) is 12.3. The number of ether oxygens (including phenoxy) is 1. The van der Waals surface area contributed by atoms with Crippen LogP contribution >= 0.6 is 0 Å². The van der Waals surface area contributed by atoms with Crippen molar-refractivity contribution in [3.05, 3.63) is 77.5 Å². The van der Waals surface area contributed by atoms with Crippen molar-refractivity contribution < 1.29 is 14.3 Å². The number of hydrogen-bond acceptors (Lipinski definition) is 4. The quantitative estimate of drug-likeness (QED) is 0.701. The van der Waals surface area contributed by atoms with Gasteiger partial charge < -0.3 is 15.0 Å². The molecule has 2 aliphatic heterocycles. The number of hydrogen-bond donors (Lipinski definition) is 1. The molecule has 1 N–H and O–H groups in total. The predicted molar refractivity (Wildman–Crippen MR) is 131 cm³/mol. The number of piperidine rings is 1. The van der Waals surface area contributed by atoms with Crippen molar-refractivity contribution >= 4 is 11.8 Å². The van der Waals surface area contributed by atoms with E-state index in [-0.39, 0.29) is 17.9 Å². The van der Waals surface area contributed by atoms with Crippen LogP contribution in [0.15, 0.2) is 60.8 Å². The largest absolute Gasteiger partial charge is 0.489 e. The van der Waals surface area contributed by atoms with Gasteiger partial charge in [0.15, 0.2) is 0 Å². The Balaban J connectivity index is 1.28. The number of allylic oxidation sites excluding steroid dienone is 1. The molecule has 6 nitrogen and oxygen atoms in total. The highest BCUT2D eigenvalue weighted by Gasteiger charge is 2.38. The van der Waals surface area contributed by atoms with Crippen LogP contribution in [-0.4, -0.2) is 46.8 Å². The standard InChI is InChI=1S/C28H33N3O3/c1-19-12-15-25(27(32)29-19)31-18-21-16-22(13-14-23(21)28(31)33)34-26-11-7-6-10-24(26)30(2)17-20-8-4-3-5-9-20/h3-5,8-9,13-14,16,24-26H,1,6-7,10-12,15,17-18H2,2H3,(H,29,32)/t24-,25?,26-/m1/s1. The smallest absolute Gasteiger partial charge is 0.255 e. The number of nitrogens with zero attached hydrogens (tertiary/aromatic N) is 2. The number of likely N-dealkylation sites (N-methyl/N-ethyl adjacent to an activating group) is 1. The molecule has 0 aromatic heterocycles. The molecule has 0 radical (unpaired) electrons. The molecule has 34 heavy (non-hydrogen) atoms. The van der Waals surface area contributed by atoms with Crippen LogP contribution in [0.4, 0.5) is 0 Å². The zero-order valence-corrected chi connectivity index (χ0v) is 19.8. The average molecular weight is 460 g/mol. The molecule has 1 aliphatic carbocycles. The second kappa shape index (κ2) is 9.63. The van der Waals surface area contributed by atoms with Crippen LogP contribution in [-0.2, 0) is 17.9 Å². The van der Waals surface area contributed by atoms with Crippen LogP contribution in [0, 0.1) is 0 Å². The van der Waals surface area contributed by atoms with E-state index >= 15 is 0 Å². The van der Waals surface area contributed by atoms with Crippen LogP contribution in [0.2, 0.25) is 0 Å². The van der Waals surface area contributed by atoms with Crippen LogP contribution < -0.4 is 10.1 Å². The molecule has 6 heteroatoms. The lowest BCUT2D eigenvalue weighted by atomic mass is 9.91. The van der Waals surface area contributed by atoms with Crippen molar-refractivity contribution in [1.82, 2.24) is 15.1 Å². The molecule has 0 bridgehead atoms. The molecule has 1 saturated heterocycles. The van der Waals surface area contributed by atoms with E-state index in [0.717, 1.165) is 36.4 Å². The average Bonchev–Trinajstić information content (AvgIpc) is 3.15. The Kier molecular flexibility index (Phi) is 6.42. The number of benzene rings is 2. The summed E-state index contributed by atoms with van der Waals surface area (Å²) in [6.45, 7) is 5.18. The van der Waals surface area contributed by atoms with Gasteiger partial charge in [0.2, 0.25) is 5.91 Å². The fourth-order valence-electron chi connectivity index (χ4n) is 5.59. The van der Waals surface area contributed by atoms with Gasteiger partial charge in [0.1, 0.15) is 17.9 Å². The van der Waals surface area contributed by atoms with E-state index in [9.17, 15) is 9.59 Å². The van der Waals surface area contributed by atoms with Crippen LogP contribution in [0.25, 0.3) is 0 Å². The zero-order chi connectivity index (χ0) is 23.7. The zero-order valence-electron chi connectivity index (χ0n) is 19.8. The molecule has 1 saturated carbocycles. The highest BCUT2D eigenvalue weighted by atomic mass is 16.5. The fourth-order valence-corrected chi connectivity index (χ4v) is 5.59. The van der Waals surface area contributed by atoms with Crippen molar-refractivity contribution in [2.24, 2.45) is 0 Å². The molecular formula is C28H33N3O3. The number of carbonyl (C=O) groups excluding carboxylic acids is 2. The molecule has 2 fully saturated rings. The van der Waals surface area contributed by atoms with Gasteiger partial charge in [0.25, 0.3) is 5.91 Å². The summed E-state index contributed by atoms with van der Waals surface area (Å²) in [5, 5.41) is 2.80. The summed E-state index contributed by atoms with van der Waals surface area (Å²) in [7, 11) is 2.18. The topological polar surface area (TPSA) is 61.9 Å². The minimum atomic E-state index is -0.441. The summed E-state index contributed by atoms with van der Waals surface area (Å²) in [4.78, 5) is 29.6. The Labute approximate surface area is 201 Å². The fraction of sp³-hybridized carbons (Fsp3) is 0.429. The van der Waals surface area contributed by atoms with Gasteiger partial charge in [-0.3, -0.25) is 14.5 Å². The van der Waals surface area contributed by atoms with Crippen LogP contribution in [0.5, 0.6) is 5.75 Å². The van der Waals surface area contributed by atoms with Gasteiger partial charge in [-0.2, -0.15) is 0 Å². The lowest BCUT2D eigenvalue weighted by Crippen LogP contribution is -2.49. The van der Waals surface area contributed by atoms with Gasteiger partial charge in [-0.25, -0.2) is 0 Å². The van der Waals surface area contributed by atoms with E-state index in [1.807, 2.05) is 24.3 Å². The third kappa shape index (κ3) is 4.60. The lowest BCUT2D eigenvalue weighted by Gasteiger charge is -2.38. The lowest BCUT2D eigenvalue weighted by molar-refractivity contribution is -0.126. The molecular weight excluding hydrogens is 426 g/mol. The second-order valence-electron chi connectivity index (χ2n) is 9.81. The van der Waals surface area contributed by atoms with E-state index in [1.54, 1.807) is 4.90 Å². The molecule has 3 aliphatic rings. The molecule has 2 aromatic rings. The Morgan fingerprint density at radius 1 is 1.09 bits per heavy atom. The Morgan fingerprint density at radius 3 is 2.68 bits per heavy atom. The van der Waals surface area contributed by atoms with E-state index in [0.29, 0.717) is 31.0 Å². The van der Waals surface area contributed by atoms with Gasteiger partial charge >= 0.3 is 0 Å². The Bertz CT molecular complexity index is 1080. The van der Waals surface area contributed by atoms with Crippen molar-refractivity contribution in [2.75, 3.05) is 7.05 Å². The van der Waals surface area contributed by atoms with Gasteiger partial charge in [0, 0.05) is 30.4 Å². The molecule has 178 valence electrons. The van der Waals surface area contributed by atoms with Crippen molar-refractivity contribution in [3.8, 4) is 5.75 Å². The van der Waals surface area contributed by atoms with E-state index in [4.69, 9.17) is 4.74 Å². The van der Waals surface area contributed by atoms with Gasteiger partial charge in [0.05, 0.1) is 0 Å². The van der Waals surface area contributed by atoms with Crippen LogP contribution in [0.3, 0.4) is 0 Å². The molecule has 5 rings (SSSR count). The molecule has 2 aromatic carbocycles. The summed E-state index contributed by atoms with van der Waals surface area (Å²) in [5.74, 6) is 0.590. The van der Waals surface area contributed by atoms with Crippen molar-refractivity contribution in [3.63, 3.8) is 0 Å². The Hall–Kier alpha value is -3.12.